The first-order valence-electron chi connectivity index (χ1n) is 10.1. The molecule has 164 valence electrons. The number of methoxy groups -OCH3 is 2. The van der Waals surface area contributed by atoms with Crippen molar-refractivity contribution in [2.75, 3.05) is 14.2 Å². The van der Waals surface area contributed by atoms with Crippen molar-refractivity contribution in [3.8, 4) is 40.0 Å². The van der Waals surface area contributed by atoms with Gasteiger partial charge in [-0.15, -0.1) is 0 Å². The van der Waals surface area contributed by atoms with Gasteiger partial charge in [0.1, 0.15) is 0 Å². The Morgan fingerprint density at radius 1 is 0.909 bits per heavy atom. The normalized spacial score (nSPS) is 11.0. The van der Waals surface area contributed by atoms with E-state index in [0.29, 0.717) is 44.4 Å². The zero-order valence-electron chi connectivity index (χ0n) is 17.8. The molecule has 2 aromatic heterocycles. The summed E-state index contributed by atoms with van der Waals surface area (Å²) in [5.74, 6) is 1.77. The van der Waals surface area contributed by atoms with Gasteiger partial charge < -0.3 is 14.0 Å². The minimum atomic E-state index is -0.184. The smallest absolute Gasteiger partial charge is 0.262 e. The lowest BCUT2D eigenvalue weighted by Crippen LogP contribution is -2.18. The second-order valence-corrected chi connectivity index (χ2v) is 7.67. The molecule has 0 aliphatic carbocycles. The lowest BCUT2D eigenvalue weighted by atomic mass is 10.1. The summed E-state index contributed by atoms with van der Waals surface area (Å²) < 4.78 is 17.9. The van der Waals surface area contributed by atoms with Crippen LogP contribution in [0.25, 0.3) is 39.3 Å². The predicted molar refractivity (Wildman–Crippen MR) is 126 cm³/mol. The maximum Gasteiger partial charge on any atom is 0.262 e. The van der Waals surface area contributed by atoms with Crippen LogP contribution in [0.15, 0.2) is 82.2 Å². The van der Waals surface area contributed by atoms with Gasteiger partial charge in [-0.3, -0.25) is 9.36 Å². The highest BCUT2D eigenvalue weighted by molar-refractivity contribution is 6.30. The van der Waals surface area contributed by atoms with Crippen LogP contribution in [0, 0.1) is 0 Å². The van der Waals surface area contributed by atoms with E-state index >= 15 is 0 Å². The molecule has 0 aliphatic rings. The van der Waals surface area contributed by atoms with Crippen molar-refractivity contribution in [2.24, 2.45) is 0 Å². The third-order valence-electron chi connectivity index (χ3n) is 5.31. The van der Waals surface area contributed by atoms with Crippen molar-refractivity contribution >= 4 is 22.4 Å². The van der Waals surface area contributed by atoms with E-state index < -0.39 is 0 Å². The number of nitrogens with zero attached hydrogens (tertiary/aromatic N) is 3. The number of aromatic nitrogens is 3. The van der Waals surface area contributed by atoms with Crippen LogP contribution in [0.3, 0.4) is 0 Å². The summed E-state index contributed by atoms with van der Waals surface area (Å²) in [6.07, 6.45) is 1.70. The molecule has 0 N–H and O–H groups in total. The number of hydrogen-bond acceptors (Lipinski definition) is 6. The molecule has 8 heteroatoms. The molecule has 0 fully saturated rings. The number of rotatable bonds is 5. The van der Waals surface area contributed by atoms with Gasteiger partial charge in [-0.05, 0) is 30.3 Å². The average molecular weight is 460 g/mol. The molecule has 7 nitrogen and oxygen atoms in total. The van der Waals surface area contributed by atoms with Gasteiger partial charge in [0.25, 0.3) is 11.4 Å². The fourth-order valence-corrected chi connectivity index (χ4v) is 3.90. The van der Waals surface area contributed by atoms with Crippen LogP contribution < -0.4 is 15.0 Å². The van der Waals surface area contributed by atoms with Crippen molar-refractivity contribution in [3.05, 3.63) is 88.3 Å². The molecule has 0 saturated heterocycles. The highest BCUT2D eigenvalue weighted by Crippen LogP contribution is 2.32. The molecule has 0 amide bonds. The van der Waals surface area contributed by atoms with Crippen LogP contribution in [0.5, 0.6) is 11.5 Å². The Kier molecular flexibility index (Phi) is 5.32. The second kappa shape index (κ2) is 8.44. The quantitative estimate of drug-likeness (QED) is 0.351. The number of halogens is 1. The number of pyridine rings is 1. The van der Waals surface area contributed by atoms with Gasteiger partial charge in [0.05, 0.1) is 25.5 Å². The summed E-state index contributed by atoms with van der Waals surface area (Å²) in [5.41, 5.74) is 1.78. The maximum atomic E-state index is 13.3. The van der Waals surface area contributed by atoms with E-state index in [1.807, 2.05) is 30.3 Å². The zero-order valence-corrected chi connectivity index (χ0v) is 18.5. The van der Waals surface area contributed by atoms with Gasteiger partial charge in [-0.25, -0.2) is 0 Å². The number of benzene rings is 3. The fraction of sp³-hybridized carbons (Fsp3) is 0.0800. The van der Waals surface area contributed by atoms with Crippen molar-refractivity contribution in [1.82, 2.24) is 14.7 Å². The van der Waals surface area contributed by atoms with Crippen LogP contribution in [0.2, 0.25) is 5.02 Å². The van der Waals surface area contributed by atoms with Gasteiger partial charge in [0.15, 0.2) is 11.5 Å². The largest absolute Gasteiger partial charge is 0.493 e. The number of fused-ring (bicyclic) bond motifs is 1. The molecule has 0 bridgehead atoms. The summed E-state index contributed by atoms with van der Waals surface area (Å²) >= 11 is 6.11. The van der Waals surface area contributed by atoms with Crippen LogP contribution in [-0.2, 0) is 0 Å². The fourth-order valence-electron chi connectivity index (χ4n) is 3.71. The van der Waals surface area contributed by atoms with E-state index in [1.54, 1.807) is 56.8 Å². The standard InChI is InChI=1S/C25H18ClN3O4/c1-31-21-11-10-17(13-22(21)32-2)29-14-20(18-8-3-4-9-19(18)25(29)30)24-27-23(28-33-24)15-6-5-7-16(26)12-15/h3-14H,1-2H3. The summed E-state index contributed by atoms with van der Waals surface area (Å²) in [4.78, 5) is 17.9. The Bertz CT molecular complexity index is 1540. The molecular formula is C25H18ClN3O4. The average Bonchev–Trinajstić information content (AvgIpc) is 3.34. The van der Waals surface area contributed by atoms with Crippen LogP contribution >= 0.6 is 11.6 Å². The highest BCUT2D eigenvalue weighted by Gasteiger charge is 2.18. The molecule has 2 heterocycles. The molecule has 5 aromatic rings. The van der Waals surface area contributed by atoms with Crippen molar-refractivity contribution in [1.29, 1.82) is 0 Å². The molecule has 5 rings (SSSR count). The monoisotopic (exact) mass is 459 g/mol. The predicted octanol–water partition coefficient (Wildman–Crippen LogP) is 5.38. The van der Waals surface area contributed by atoms with Gasteiger partial charge in [0.2, 0.25) is 5.82 Å². The molecule has 33 heavy (non-hydrogen) atoms. The summed E-state index contributed by atoms with van der Waals surface area (Å²) in [6.45, 7) is 0. The summed E-state index contributed by atoms with van der Waals surface area (Å²) in [5, 5.41) is 5.92. The van der Waals surface area contributed by atoms with Crippen LogP contribution in [-0.4, -0.2) is 28.9 Å². The number of hydrogen-bond donors (Lipinski definition) is 0. The molecule has 0 unspecified atom stereocenters. The first-order chi connectivity index (χ1) is 16.1. The third kappa shape index (κ3) is 3.72. The van der Waals surface area contributed by atoms with Gasteiger partial charge in [-0.2, -0.15) is 4.98 Å². The molecule has 0 aliphatic heterocycles. The zero-order chi connectivity index (χ0) is 22.9. The van der Waals surface area contributed by atoms with Crippen molar-refractivity contribution in [3.63, 3.8) is 0 Å². The lowest BCUT2D eigenvalue weighted by molar-refractivity contribution is 0.355. The minimum Gasteiger partial charge on any atom is -0.493 e. The Hall–Kier alpha value is -4.10. The van der Waals surface area contributed by atoms with Crippen LogP contribution in [0.4, 0.5) is 0 Å². The Balaban J connectivity index is 1.71. The first kappa shape index (κ1) is 20.8. The van der Waals surface area contributed by atoms with E-state index in [-0.39, 0.29) is 11.4 Å². The molecule has 0 atom stereocenters. The molecule has 0 saturated carbocycles. The second-order valence-electron chi connectivity index (χ2n) is 7.24. The van der Waals surface area contributed by atoms with Gasteiger partial charge in [-0.1, -0.05) is 47.1 Å². The van der Waals surface area contributed by atoms with E-state index in [4.69, 9.17) is 25.6 Å². The summed E-state index contributed by atoms with van der Waals surface area (Å²) in [6, 6.07) is 19.8. The molecule has 0 spiro atoms. The van der Waals surface area contributed by atoms with E-state index in [2.05, 4.69) is 10.1 Å². The maximum absolute atomic E-state index is 13.3. The topological polar surface area (TPSA) is 79.4 Å². The van der Waals surface area contributed by atoms with E-state index in [9.17, 15) is 4.79 Å². The van der Waals surface area contributed by atoms with Crippen molar-refractivity contribution < 1.29 is 14.0 Å². The van der Waals surface area contributed by atoms with Gasteiger partial charge >= 0.3 is 0 Å². The molecule has 0 radical (unpaired) electrons. The third-order valence-corrected chi connectivity index (χ3v) is 5.54. The van der Waals surface area contributed by atoms with Crippen molar-refractivity contribution in [2.45, 2.75) is 0 Å². The van der Waals surface area contributed by atoms with Gasteiger partial charge in [0, 0.05) is 33.6 Å². The van der Waals surface area contributed by atoms with Crippen LogP contribution in [0.1, 0.15) is 0 Å². The highest BCUT2D eigenvalue weighted by atomic mass is 35.5. The SMILES string of the molecule is COc1ccc(-n2cc(-c3nc(-c4cccc(Cl)c4)no3)c3ccccc3c2=O)cc1OC. The summed E-state index contributed by atoms with van der Waals surface area (Å²) in [7, 11) is 3.11. The lowest BCUT2D eigenvalue weighted by Gasteiger charge is -2.13. The molecule has 3 aromatic carbocycles. The Labute approximate surface area is 193 Å². The Morgan fingerprint density at radius 3 is 2.45 bits per heavy atom. The Morgan fingerprint density at radius 2 is 1.70 bits per heavy atom. The van der Waals surface area contributed by atoms with E-state index in [1.165, 1.54) is 4.57 Å². The first-order valence-corrected chi connectivity index (χ1v) is 10.4. The molecular weight excluding hydrogens is 442 g/mol. The van der Waals surface area contributed by atoms with E-state index in [0.717, 1.165) is 5.56 Å². The number of ether oxygens (including phenoxy) is 2. The minimum absolute atomic E-state index is 0.184.